The highest BCUT2D eigenvalue weighted by Crippen LogP contribution is 2.24. The molecule has 4 nitrogen and oxygen atoms in total. The van der Waals surface area contributed by atoms with Crippen LogP contribution < -0.4 is 5.32 Å². The Balaban J connectivity index is 2.04. The van der Waals surface area contributed by atoms with Crippen LogP contribution in [-0.2, 0) is 4.79 Å². The van der Waals surface area contributed by atoms with Gasteiger partial charge in [0.25, 0.3) is 5.91 Å². The number of rotatable bonds is 1. The Labute approximate surface area is 120 Å². The lowest BCUT2D eigenvalue weighted by Crippen LogP contribution is -2.28. The Hall–Kier alpha value is -2.46. The van der Waals surface area contributed by atoms with E-state index in [9.17, 15) is 9.59 Å². The molecule has 1 aliphatic rings. The first-order valence-electron chi connectivity index (χ1n) is 5.93. The summed E-state index contributed by atoms with van der Waals surface area (Å²) < 4.78 is 0. The van der Waals surface area contributed by atoms with E-state index in [4.69, 9.17) is 11.6 Å². The van der Waals surface area contributed by atoms with E-state index in [2.05, 4.69) is 10.3 Å². The molecule has 1 amide bonds. The molecule has 0 aliphatic carbocycles. The summed E-state index contributed by atoms with van der Waals surface area (Å²) in [5.74, 6) is -0.473. The average molecular weight is 285 g/mol. The molecule has 2 heterocycles. The second kappa shape index (κ2) is 4.90. The molecule has 2 aromatic rings. The van der Waals surface area contributed by atoms with E-state index >= 15 is 0 Å². The number of amides is 1. The van der Waals surface area contributed by atoms with Crippen LogP contribution in [0, 0.1) is 0 Å². The van der Waals surface area contributed by atoms with Crippen molar-refractivity contribution in [1.82, 2.24) is 4.98 Å². The number of pyridine rings is 1. The second-order valence-electron chi connectivity index (χ2n) is 4.29. The maximum atomic E-state index is 12.3. The van der Waals surface area contributed by atoms with Crippen LogP contribution in [0.1, 0.15) is 15.9 Å². The van der Waals surface area contributed by atoms with Crippen LogP contribution in [-0.4, -0.2) is 16.7 Å². The summed E-state index contributed by atoms with van der Waals surface area (Å²) in [4.78, 5) is 28.3. The Kier molecular flexibility index (Phi) is 3.08. The van der Waals surface area contributed by atoms with Crippen molar-refractivity contribution in [3.8, 4) is 0 Å². The summed E-state index contributed by atoms with van der Waals surface area (Å²) in [7, 11) is 0. The van der Waals surface area contributed by atoms with Crippen molar-refractivity contribution < 1.29 is 9.59 Å². The molecule has 1 aromatic heterocycles. The van der Waals surface area contributed by atoms with Crippen LogP contribution in [0.3, 0.4) is 0 Å². The third kappa shape index (κ3) is 2.21. The number of halogens is 1. The molecule has 0 atom stereocenters. The zero-order valence-electron chi connectivity index (χ0n) is 10.3. The molecule has 1 N–H and O–H groups in total. The Morgan fingerprint density at radius 2 is 1.85 bits per heavy atom. The number of ketones is 1. The van der Waals surface area contributed by atoms with Gasteiger partial charge in [-0.2, -0.15) is 0 Å². The summed E-state index contributed by atoms with van der Waals surface area (Å²) in [5, 5.41) is 3.21. The number of carbonyl (C=O) groups is 2. The number of benzene rings is 1. The number of nitrogens with one attached hydrogen (secondary N) is 1. The van der Waals surface area contributed by atoms with Crippen molar-refractivity contribution in [1.29, 1.82) is 0 Å². The van der Waals surface area contributed by atoms with E-state index in [-0.39, 0.29) is 11.4 Å². The largest absolute Gasteiger partial charge is 0.306 e. The van der Waals surface area contributed by atoms with E-state index in [1.54, 1.807) is 42.5 Å². The van der Waals surface area contributed by atoms with Crippen LogP contribution >= 0.6 is 11.6 Å². The highest BCUT2D eigenvalue weighted by Gasteiger charge is 2.28. The molecule has 98 valence electrons. The van der Waals surface area contributed by atoms with Crippen molar-refractivity contribution in [3.63, 3.8) is 0 Å². The standard InChI is InChI=1S/C15H9ClN2O2/c16-10-5-3-9(4-6-10)8-12-13(19)11-2-1-7-17-14(11)18-15(12)20/h1-8H,(H,17,18,20). The summed E-state index contributed by atoms with van der Waals surface area (Å²) in [6.07, 6.45) is 3.07. The van der Waals surface area contributed by atoms with Gasteiger partial charge in [0.2, 0.25) is 5.78 Å². The van der Waals surface area contributed by atoms with Gasteiger partial charge in [-0.15, -0.1) is 0 Å². The maximum Gasteiger partial charge on any atom is 0.260 e. The van der Waals surface area contributed by atoms with Gasteiger partial charge in [0.05, 0.1) is 11.1 Å². The second-order valence-corrected chi connectivity index (χ2v) is 4.73. The van der Waals surface area contributed by atoms with Gasteiger partial charge < -0.3 is 5.32 Å². The smallest absolute Gasteiger partial charge is 0.260 e. The molecule has 5 heteroatoms. The van der Waals surface area contributed by atoms with Crippen LogP contribution in [0.15, 0.2) is 48.2 Å². The zero-order chi connectivity index (χ0) is 14.1. The lowest BCUT2D eigenvalue weighted by atomic mass is 9.97. The predicted octanol–water partition coefficient (Wildman–Crippen LogP) is 2.95. The number of hydrogen-bond acceptors (Lipinski definition) is 3. The number of hydrogen-bond donors (Lipinski definition) is 1. The van der Waals surface area contributed by atoms with Gasteiger partial charge in [-0.05, 0) is 35.9 Å². The van der Waals surface area contributed by atoms with Crippen molar-refractivity contribution in [2.24, 2.45) is 0 Å². The SMILES string of the molecule is O=C1Nc2ncccc2C(=O)C1=Cc1ccc(Cl)cc1. The molecule has 0 saturated heterocycles. The zero-order valence-corrected chi connectivity index (χ0v) is 11.0. The topological polar surface area (TPSA) is 59.1 Å². The Bertz CT molecular complexity index is 736. The monoisotopic (exact) mass is 284 g/mol. The molecule has 0 radical (unpaired) electrons. The maximum absolute atomic E-state index is 12.3. The Morgan fingerprint density at radius 3 is 2.60 bits per heavy atom. The minimum absolute atomic E-state index is 0.0906. The van der Waals surface area contributed by atoms with Gasteiger partial charge >= 0.3 is 0 Å². The molecule has 0 bridgehead atoms. The van der Waals surface area contributed by atoms with Crippen LogP contribution in [0.5, 0.6) is 0 Å². The third-order valence-corrected chi connectivity index (χ3v) is 3.21. The first-order valence-corrected chi connectivity index (χ1v) is 6.31. The summed E-state index contributed by atoms with van der Waals surface area (Å²) >= 11 is 5.80. The van der Waals surface area contributed by atoms with E-state index in [1.165, 1.54) is 6.20 Å². The fraction of sp³-hybridized carbons (Fsp3) is 0. The van der Waals surface area contributed by atoms with Gasteiger partial charge in [-0.1, -0.05) is 23.7 Å². The summed E-state index contributed by atoms with van der Waals surface area (Å²) in [5.41, 5.74) is 1.22. The van der Waals surface area contributed by atoms with Crippen LogP contribution in [0.4, 0.5) is 5.82 Å². The molecule has 0 unspecified atom stereocenters. The predicted molar refractivity (Wildman–Crippen MR) is 76.6 cm³/mol. The van der Waals surface area contributed by atoms with E-state index in [1.807, 2.05) is 0 Å². The quantitative estimate of drug-likeness (QED) is 0.647. The van der Waals surface area contributed by atoms with Gasteiger partial charge in [-0.3, -0.25) is 9.59 Å². The van der Waals surface area contributed by atoms with Crippen molar-refractivity contribution >= 4 is 35.2 Å². The van der Waals surface area contributed by atoms with Crippen LogP contribution in [0.2, 0.25) is 5.02 Å². The van der Waals surface area contributed by atoms with Gasteiger partial charge in [0, 0.05) is 11.2 Å². The minimum atomic E-state index is -0.448. The molecular weight excluding hydrogens is 276 g/mol. The van der Waals surface area contributed by atoms with Crippen molar-refractivity contribution in [2.45, 2.75) is 0 Å². The van der Waals surface area contributed by atoms with Gasteiger partial charge in [-0.25, -0.2) is 4.98 Å². The molecule has 0 spiro atoms. The van der Waals surface area contributed by atoms with Gasteiger partial charge in [0.1, 0.15) is 5.82 Å². The minimum Gasteiger partial charge on any atom is -0.306 e. The van der Waals surface area contributed by atoms with E-state index < -0.39 is 5.91 Å². The summed E-state index contributed by atoms with van der Waals surface area (Å²) in [6, 6.07) is 10.2. The number of anilines is 1. The van der Waals surface area contributed by atoms with Crippen molar-refractivity contribution in [3.05, 3.63) is 64.3 Å². The van der Waals surface area contributed by atoms with Crippen LogP contribution in [0.25, 0.3) is 6.08 Å². The fourth-order valence-electron chi connectivity index (χ4n) is 1.97. The molecule has 0 fully saturated rings. The number of Topliss-reactive ketones (excluding diaryl/α,β-unsaturated/α-hetero) is 1. The fourth-order valence-corrected chi connectivity index (χ4v) is 2.09. The first kappa shape index (κ1) is 12.6. The number of carbonyl (C=O) groups excluding carboxylic acids is 2. The number of fused-ring (bicyclic) bond motifs is 1. The highest BCUT2D eigenvalue weighted by atomic mass is 35.5. The molecular formula is C15H9ClN2O2. The molecule has 0 saturated carbocycles. The van der Waals surface area contributed by atoms with Crippen molar-refractivity contribution in [2.75, 3.05) is 5.32 Å². The Morgan fingerprint density at radius 1 is 1.10 bits per heavy atom. The lowest BCUT2D eigenvalue weighted by molar-refractivity contribution is -0.112. The van der Waals surface area contributed by atoms with E-state index in [0.29, 0.717) is 16.4 Å². The third-order valence-electron chi connectivity index (χ3n) is 2.95. The van der Waals surface area contributed by atoms with Gasteiger partial charge in [0.15, 0.2) is 0 Å². The van der Waals surface area contributed by atoms with E-state index in [0.717, 1.165) is 5.56 Å². The number of aromatic nitrogens is 1. The highest BCUT2D eigenvalue weighted by molar-refractivity contribution is 6.35. The number of nitrogens with zero attached hydrogens (tertiary/aromatic N) is 1. The molecule has 1 aliphatic heterocycles. The lowest BCUT2D eigenvalue weighted by Gasteiger charge is -2.16. The molecule has 3 rings (SSSR count). The molecule has 20 heavy (non-hydrogen) atoms. The molecule has 1 aromatic carbocycles. The first-order chi connectivity index (χ1) is 9.65. The normalized spacial score (nSPS) is 15.9. The summed E-state index contributed by atoms with van der Waals surface area (Å²) in [6.45, 7) is 0. The average Bonchev–Trinajstić information content (AvgIpc) is 2.45.